The molecule has 0 aliphatic rings. The van der Waals surface area contributed by atoms with Crippen molar-refractivity contribution >= 4 is 5.82 Å². The van der Waals surface area contributed by atoms with E-state index >= 15 is 0 Å². The Hall–Kier alpha value is -2.81. The Labute approximate surface area is 175 Å². The summed E-state index contributed by atoms with van der Waals surface area (Å²) in [5.74, 6) is 1.85. The van der Waals surface area contributed by atoms with Gasteiger partial charge in [-0.2, -0.15) is 0 Å². The van der Waals surface area contributed by atoms with Gasteiger partial charge >= 0.3 is 0 Å². The molecule has 0 spiro atoms. The van der Waals surface area contributed by atoms with Crippen LogP contribution in [0.1, 0.15) is 37.8 Å². The predicted molar refractivity (Wildman–Crippen MR) is 122 cm³/mol. The van der Waals surface area contributed by atoms with Crippen LogP contribution in [0.5, 0.6) is 5.75 Å². The lowest BCUT2D eigenvalue weighted by atomic mass is 9.76. The number of ether oxygens (including phenoxy) is 1. The molecular formula is C26H32N2O. The van der Waals surface area contributed by atoms with Crippen molar-refractivity contribution in [2.24, 2.45) is 5.41 Å². The predicted octanol–water partition coefficient (Wildman–Crippen LogP) is 6.16. The van der Waals surface area contributed by atoms with Crippen LogP contribution in [0.25, 0.3) is 0 Å². The maximum atomic E-state index is 5.89. The van der Waals surface area contributed by atoms with E-state index in [2.05, 4.69) is 78.7 Å². The van der Waals surface area contributed by atoms with Crippen molar-refractivity contribution < 1.29 is 4.74 Å². The minimum absolute atomic E-state index is 0.265. The molecule has 1 heterocycles. The summed E-state index contributed by atoms with van der Waals surface area (Å²) in [5.41, 5.74) is 3.05. The molecule has 1 atom stereocenters. The monoisotopic (exact) mass is 388 g/mol. The van der Waals surface area contributed by atoms with Crippen LogP contribution in [0.3, 0.4) is 0 Å². The molecule has 29 heavy (non-hydrogen) atoms. The van der Waals surface area contributed by atoms with Crippen LogP contribution in [0, 0.1) is 5.41 Å². The molecule has 1 unspecified atom stereocenters. The molecule has 3 nitrogen and oxygen atoms in total. The van der Waals surface area contributed by atoms with E-state index in [4.69, 9.17) is 4.74 Å². The molecule has 1 N–H and O–H groups in total. The Morgan fingerprint density at radius 1 is 0.862 bits per heavy atom. The molecule has 3 aromatic rings. The zero-order valence-electron chi connectivity index (χ0n) is 17.6. The van der Waals surface area contributed by atoms with Crippen molar-refractivity contribution in [3.63, 3.8) is 0 Å². The van der Waals surface area contributed by atoms with Gasteiger partial charge in [-0.25, -0.2) is 4.98 Å². The van der Waals surface area contributed by atoms with Crippen LogP contribution in [-0.2, 0) is 12.8 Å². The molecule has 0 saturated heterocycles. The van der Waals surface area contributed by atoms with Gasteiger partial charge in [0.15, 0.2) is 0 Å². The number of hydrogen-bond acceptors (Lipinski definition) is 3. The quantitative estimate of drug-likeness (QED) is 0.399. The molecule has 0 saturated carbocycles. The van der Waals surface area contributed by atoms with Crippen LogP contribution in [0.15, 0.2) is 79.0 Å². The summed E-state index contributed by atoms with van der Waals surface area (Å²) in [4.78, 5) is 4.25. The van der Waals surface area contributed by atoms with Crippen LogP contribution in [0.4, 0.5) is 5.82 Å². The van der Waals surface area contributed by atoms with E-state index in [1.165, 1.54) is 11.1 Å². The fourth-order valence-corrected chi connectivity index (χ4v) is 3.54. The summed E-state index contributed by atoms with van der Waals surface area (Å²) in [6.07, 6.45) is 6.06. The molecule has 152 valence electrons. The van der Waals surface area contributed by atoms with Crippen molar-refractivity contribution in [1.29, 1.82) is 0 Å². The standard InChI is InChI=1S/C26H32N2O/c1-3-26(2,20-22-10-5-4-6-11-22)21-23-13-15-24(16-14-23)29-19-9-18-28-25-12-7-8-17-27-25/h4-8,10-17H,3,9,18-21H2,1-2H3,(H,27,28). The Bertz CT molecular complexity index is 834. The highest BCUT2D eigenvalue weighted by molar-refractivity contribution is 5.33. The number of hydrogen-bond donors (Lipinski definition) is 1. The Kier molecular flexibility index (Phi) is 7.69. The van der Waals surface area contributed by atoms with Gasteiger partial charge in [-0.15, -0.1) is 0 Å². The number of anilines is 1. The Balaban J connectivity index is 1.44. The fraction of sp³-hybridized carbons (Fsp3) is 0.346. The van der Waals surface area contributed by atoms with Crippen LogP contribution >= 0.6 is 0 Å². The third kappa shape index (κ3) is 6.94. The van der Waals surface area contributed by atoms with Gasteiger partial charge in [0.05, 0.1) is 6.61 Å². The number of benzene rings is 2. The first-order valence-corrected chi connectivity index (χ1v) is 10.6. The van der Waals surface area contributed by atoms with Crippen LogP contribution in [0.2, 0.25) is 0 Å². The number of aromatic nitrogens is 1. The molecule has 0 aliphatic heterocycles. The maximum Gasteiger partial charge on any atom is 0.125 e. The molecule has 0 aliphatic carbocycles. The summed E-state index contributed by atoms with van der Waals surface area (Å²) >= 11 is 0. The van der Waals surface area contributed by atoms with Gasteiger partial charge in [0.1, 0.15) is 11.6 Å². The summed E-state index contributed by atoms with van der Waals surface area (Å²) in [6, 6.07) is 25.3. The topological polar surface area (TPSA) is 34.1 Å². The van der Waals surface area contributed by atoms with E-state index in [9.17, 15) is 0 Å². The summed E-state index contributed by atoms with van der Waals surface area (Å²) in [6.45, 7) is 6.22. The second-order valence-electron chi connectivity index (χ2n) is 7.99. The third-order valence-electron chi connectivity index (χ3n) is 5.44. The van der Waals surface area contributed by atoms with Crippen molar-refractivity contribution in [1.82, 2.24) is 4.98 Å². The molecule has 0 radical (unpaired) electrons. The van der Waals surface area contributed by atoms with Gasteiger partial charge in [-0.3, -0.25) is 0 Å². The first-order valence-electron chi connectivity index (χ1n) is 10.6. The molecule has 1 aromatic heterocycles. The minimum Gasteiger partial charge on any atom is -0.494 e. The Morgan fingerprint density at radius 2 is 1.55 bits per heavy atom. The second-order valence-corrected chi connectivity index (χ2v) is 7.99. The highest BCUT2D eigenvalue weighted by Gasteiger charge is 2.23. The number of rotatable bonds is 11. The summed E-state index contributed by atoms with van der Waals surface area (Å²) in [5, 5.41) is 3.30. The van der Waals surface area contributed by atoms with E-state index in [0.717, 1.165) is 43.8 Å². The minimum atomic E-state index is 0.265. The third-order valence-corrected chi connectivity index (χ3v) is 5.44. The zero-order valence-corrected chi connectivity index (χ0v) is 17.6. The lowest BCUT2D eigenvalue weighted by Crippen LogP contribution is -2.21. The summed E-state index contributed by atoms with van der Waals surface area (Å²) in [7, 11) is 0. The van der Waals surface area contributed by atoms with Gasteiger partial charge in [0, 0.05) is 12.7 Å². The van der Waals surface area contributed by atoms with E-state index in [0.29, 0.717) is 6.61 Å². The van der Waals surface area contributed by atoms with E-state index in [-0.39, 0.29) is 5.41 Å². The first-order chi connectivity index (χ1) is 14.2. The number of pyridine rings is 1. The second kappa shape index (κ2) is 10.7. The van der Waals surface area contributed by atoms with Crippen LogP contribution in [-0.4, -0.2) is 18.1 Å². The largest absolute Gasteiger partial charge is 0.494 e. The maximum absolute atomic E-state index is 5.89. The van der Waals surface area contributed by atoms with Gasteiger partial charge in [0.25, 0.3) is 0 Å². The Morgan fingerprint density at radius 3 is 2.21 bits per heavy atom. The van der Waals surface area contributed by atoms with Crippen molar-refractivity contribution in [3.05, 3.63) is 90.1 Å². The molecular weight excluding hydrogens is 356 g/mol. The van der Waals surface area contributed by atoms with E-state index in [1.54, 1.807) is 6.20 Å². The first kappa shape index (κ1) is 20.9. The highest BCUT2D eigenvalue weighted by Crippen LogP contribution is 2.31. The molecule has 3 rings (SSSR count). The summed E-state index contributed by atoms with van der Waals surface area (Å²) < 4.78 is 5.89. The van der Waals surface area contributed by atoms with Crippen molar-refractivity contribution in [2.45, 2.75) is 39.5 Å². The van der Waals surface area contributed by atoms with Gasteiger partial charge in [0.2, 0.25) is 0 Å². The average Bonchev–Trinajstić information content (AvgIpc) is 2.76. The molecule has 3 heteroatoms. The van der Waals surface area contributed by atoms with E-state index in [1.807, 2.05) is 18.2 Å². The van der Waals surface area contributed by atoms with Gasteiger partial charge in [-0.1, -0.05) is 68.8 Å². The van der Waals surface area contributed by atoms with Gasteiger partial charge < -0.3 is 10.1 Å². The number of nitrogens with zero attached hydrogens (tertiary/aromatic N) is 1. The normalized spacial score (nSPS) is 12.9. The lowest BCUT2D eigenvalue weighted by molar-refractivity contribution is 0.304. The number of nitrogens with one attached hydrogen (secondary N) is 1. The van der Waals surface area contributed by atoms with E-state index < -0.39 is 0 Å². The fourth-order valence-electron chi connectivity index (χ4n) is 3.54. The van der Waals surface area contributed by atoms with Gasteiger partial charge in [-0.05, 0) is 60.1 Å². The molecule has 0 amide bonds. The lowest BCUT2D eigenvalue weighted by Gasteiger charge is -2.29. The molecule has 2 aromatic carbocycles. The smallest absolute Gasteiger partial charge is 0.125 e. The SMILES string of the molecule is CCC(C)(Cc1ccccc1)Cc1ccc(OCCCNc2ccccn2)cc1. The van der Waals surface area contributed by atoms with Crippen molar-refractivity contribution in [3.8, 4) is 5.75 Å². The molecule has 0 fully saturated rings. The molecule has 0 bridgehead atoms. The zero-order chi connectivity index (χ0) is 20.4. The average molecular weight is 389 g/mol. The van der Waals surface area contributed by atoms with Crippen LogP contribution < -0.4 is 10.1 Å². The highest BCUT2D eigenvalue weighted by atomic mass is 16.5. The van der Waals surface area contributed by atoms with Crippen molar-refractivity contribution in [2.75, 3.05) is 18.5 Å².